The molecule has 110 valence electrons. The number of benzene rings is 1. The summed E-state index contributed by atoms with van der Waals surface area (Å²) in [5, 5.41) is 0. The van der Waals surface area contributed by atoms with Crippen molar-refractivity contribution >= 4 is 0 Å². The van der Waals surface area contributed by atoms with Crippen LogP contribution < -0.4 is 5.73 Å². The Kier molecular flexibility index (Phi) is 4.68. The predicted molar refractivity (Wildman–Crippen MR) is 80.6 cm³/mol. The second-order valence-corrected chi connectivity index (χ2v) is 5.79. The third-order valence-corrected chi connectivity index (χ3v) is 4.43. The molecule has 2 aliphatic rings. The number of fused-ring (bicyclic) bond motifs is 1. The van der Waals surface area contributed by atoms with Crippen molar-refractivity contribution in [3.05, 3.63) is 34.9 Å². The first-order valence-electron chi connectivity index (χ1n) is 7.68. The van der Waals surface area contributed by atoms with Crippen molar-refractivity contribution in [2.75, 3.05) is 45.9 Å². The van der Waals surface area contributed by atoms with E-state index in [1.165, 1.54) is 29.7 Å². The molecule has 1 aromatic carbocycles. The number of hydrogen-bond donors (Lipinski definition) is 1. The number of nitrogens with zero attached hydrogens (tertiary/aromatic N) is 2. The van der Waals surface area contributed by atoms with Crippen LogP contribution in [0.25, 0.3) is 0 Å². The first-order valence-corrected chi connectivity index (χ1v) is 7.68. The third kappa shape index (κ3) is 3.38. The molecule has 1 saturated heterocycles. The van der Waals surface area contributed by atoms with Crippen molar-refractivity contribution in [1.29, 1.82) is 0 Å². The van der Waals surface area contributed by atoms with E-state index in [-0.39, 0.29) is 0 Å². The topological polar surface area (TPSA) is 41.7 Å². The quantitative estimate of drug-likeness (QED) is 0.884. The molecule has 0 bridgehead atoms. The second-order valence-electron chi connectivity index (χ2n) is 5.79. The molecule has 0 radical (unpaired) electrons. The summed E-state index contributed by atoms with van der Waals surface area (Å²) in [6.07, 6.45) is 1.17. The fourth-order valence-electron chi connectivity index (χ4n) is 3.09. The van der Waals surface area contributed by atoms with E-state index in [1.807, 2.05) is 0 Å². The van der Waals surface area contributed by atoms with Gasteiger partial charge in [0.15, 0.2) is 0 Å². The SMILES string of the molecule is NCc1ccc2c(c1)CN(CCN1CCOCC1)CC2. The molecule has 2 heterocycles. The third-order valence-electron chi connectivity index (χ3n) is 4.43. The minimum Gasteiger partial charge on any atom is -0.379 e. The maximum Gasteiger partial charge on any atom is 0.0594 e. The molecular weight excluding hydrogens is 250 g/mol. The average molecular weight is 275 g/mol. The highest BCUT2D eigenvalue weighted by Gasteiger charge is 2.18. The summed E-state index contributed by atoms with van der Waals surface area (Å²) in [6, 6.07) is 6.72. The molecule has 0 aliphatic carbocycles. The van der Waals surface area contributed by atoms with E-state index >= 15 is 0 Å². The Hall–Kier alpha value is -0.940. The Morgan fingerprint density at radius 2 is 1.80 bits per heavy atom. The van der Waals surface area contributed by atoms with Gasteiger partial charge in [0.25, 0.3) is 0 Å². The van der Waals surface area contributed by atoms with Crippen molar-refractivity contribution in [3.63, 3.8) is 0 Å². The average Bonchev–Trinajstić information content (AvgIpc) is 2.53. The van der Waals surface area contributed by atoms with Crippen molar-refractivity contribution in [2.45, 2.75) is 19.5 Å². The van der Waals surface area contributed by atoms with E-state index in [0.29, 0.717) is 6.54 Å². The maximum absolute atomic E-state index is 5.74. The van der Waals surface area contributed by atoms with Crippen molar-refractivity contribution in [1.82, 2.24) is 9.80 Å². The van der Waals surface area contributed by atoms with Crippen molar-refractivity contribution < 1.29 is 4.74 Å². The Morgan fingerprint density at radius 3 is 2.60 bits per heavy atom. The Morgan fingerprint density at radius 1 is 1.00 bits per heavy atom. The largest absolute Gasteiger partial charge is 0.379 e. The Bertz CT molecular complexity index is 443. The molecule has 0 amide bonds. The van der Waals surface area contributed by atoms with Crippen LogP contribution >= 0.6 is 0 Å². The standard InChI is InChI=1S/C16H25N3O/c17-12-14-1-2-15-3-4-19(13-16(15)11-14)6-5-18-7-9-20-10-8-18/h1-2,11H,3-10,12-13,17H2. The molecule has 2 aliphatic heterocycles. The molecule has 4 nitrogen and oxygen atoms in total. The summed E-state index contributed by atoms with van der Waals surface area (Å²) in [5.41, 5.74) is 9.97. The number of rotatable bonds is 4. The van der Waals surface area contributed by atoms with Gasteiger partial charge in [0.1, 0.15) is 0 Å². The van der Waals surface area contributed by atoms with E-state index in [2.05, 4.69) is 28.0 Å². The summed E-state index contributed by atoms with van der Waals surface area (Å²) in [6.45, 7) is 9.17. The van der Waals surface area contributed by atoms with Crippen LogP contribution in [0.15, 0.2) is 18.2 Å². The van der Waals surface area contributed by atoms with Crippen LogP contribution in [0.5, 0.6) is 0 Å². The summed E-state index contributed by atoms with van der Waals surface area (Å²) >= 11 is 0. The van der Waals surface area contributed by atoms with Gasteiger partial charge in [0.05, 0.1) is 13.2 Å². The zero-order valence-electron chi connectivity index (χ0n) is 12.2. The van der Waals surface area contributed by atoms with Gasteiger partial charge in [0.2, 0.25) is 0 Å². The number of hydrogen-bond acceptors (Lipinski definition) is 4. The minimum absolute atomic E-state index is 0.640. The highest BCUT2D eigenvalue weighted by atomic mass is 16.5. The van der Waals surface area contributed by atoms with E-state index in [4.69, 9.17) is 10.5 Å². The molecule has 20 heavy (non-hydrogen) atoms. The molecule has 0 saturated carbocycles. The molecule has 1 aromatic rings. The predicted octanol–water partition coefficient (Wildman–Crippen LogP) is 0.836. The molecular formula is C16H25N3O. The highest BCUT2D eigenvalue weighted by molar-refractivity contribution is 5.33. The van der Waals surface area contributed by atoms with Gasteiger partial charge in [-0.3, -0.25) is 9.80 Å². The maximum atomic E-state index is 5.74. The highest BCUT2D eigenvalue weighted by Crippen LogP contribution is 2.20. The molecule has 0 unspecified atom stereocenters. The van der Waals surface area contributed by atoms with Crippen LogP contribution in [-0.4, -0.2) is 55.7 Å². The smallest absolute Gasteiger partial charge is 0.0594 e. The molecule has 0 spiro atoms. The molecule has 1 fully saturated rings. The molecule has 3 rings (SSSR count). The number of nitrogens with two attached hydrogens (primary N) is 1. The van der Waals surface area contributed by atoms with Crippen LogP contribution in [0.2, 0.25) is 0 Å². The second kappa shape index (κ2) is 6.68. The van der Waals surface area contributed by atoms with Crippen molar-refractivity contribution in [3.8, 4) is 0 Å². The summed E-state index contributed by atoms with van der Waals surface area (Å²) in [5.74, 6) is 0. The Labute approximate surface area is 121 Å². The lowest BCUT2D eigenvalue weighted by atomic mass is 9.97. The summed E-state index contributed by atoms with van der Waals surface area (Å²) in [4.78, 5) is 5.08. The molecule has 0 aromatic heterocycles. The van der Waals surface area contributed by atoms with Gasteiger partial charge >= 0.3 is 0 Å². The van der Waals surface area contributed by atoms with Crippen LogP contribution in [0.4, 0.5) is 0 Å². The summed E-state index contributed by atoms with van der Waals surface area (Å²) < 4.78 is 5.40. The normalized spacial score (nSPS) is 20.9. The molecule has 4 heteroatoms. The first-order chi connectivity index (χ1) is 9.85. The summed E-state index contributed by atoms with van der Waals surface area (Å²) in [7, 11) is 0. The molecule has 2 N–H and O–H groups in total. The van der Waals surface area contributed by atoms with Crippen LogP contribution in [0.1, 0.15) is 16.7 Å². The zero-order valence-corrected chi connectivity index (χ0v) is 12.2. The van der Waals surface area contributed by atoms with E-state index in [0.717, 1.165) is 45.9 Å². The van der Waals surface area contributed by atoms with Crippen molar-refractivity contribution in [2.24, 2.45) is 5.73 Å². The fraction of sp³-hybridized carbons (Fsp3) is 0.625. The fourth-order valence-corrected chi connectivity index (χ4v) is 3.09. The monoisotopic (exact) mass is 275 g/mol. The van der Waals surface area contributed by atoms with Crippen LogP contribution in [0, 0.1) is 0 Å². The molecule has 0 atom stereocenters. The Balaban J connectivity index is 1.54. The van der Waals surface area contributed by atoms with Gasteiger partial charge in [-0.25, -0.2) is 0 Å². The van der Waals surface area contributed by atoms with Gasteiger partial charge in [-0.2, -0.15) is 0 Å². The van der Waals surface area contributed by atoms with Gasteiger partial charge in [-0.05, 0) is 23.1 Å². The lowest BCUT2D eigenvalue weighted by molar-refractivity contribution is 0.0327. The van der Waals surface area contributed by atoms with Gasteiger partial charge < -0.3 is 10.5 Å². The number of ether oxygens (including phenoxy) is 1. The lowest BCUT2D eigenvalue weighted by Crippen LogP contribution is -2.42. The van der Waals surface area contributed by atoms with E-state index < -0.39 is 0 Å². The minimum atomic E-state index is 0.640. The first kappa shape index (κ1) is 14.0. The van der Waals surface area contributed by atoms with Gasteiger partial charge in [0, 0.05) is 45.8 Å². The van der Waals surface area contributed by atoms with Crippen LogP contribution in [-0.2, 0) is 24.2 Å². The zero-order chi connectivity index (χ0) is 13.8. The number of morpholine rings is 1. The van der Waals surface area contributed by atoms with E-state index in [9.17, 15) is 0 Å². The van der Waals surface area contributed by atoms with E-state index in [1.54, 1.807) is 0 Å². The lowest BCUT2D eigenvalue weighted by Gasteiger charge is -2.32. The van der Waals surface area contributed by atoms with Gasteiger partial charge in [-0.15, -0.1) is 0 Å². The van der Waals surface area contributed by atoms with Crippen LogP contribution in [0.3, 0.4) is 0 Å². The van der Waals surface area contributed by atoms with Gasteiger partial charge in [-0.1, -0.05) is 18.2 Å².